The maximum absolute atomic E-state index is 5.81. The molecule has 19 rings (SSSR count). The summed E-state index contributed by atoms with van der Waals surface area (Å²) in [5.41, 5.74) is 22.5. The standard InChI is InChI=1S/C109H79N3S2/c1-13-37-81(38-14-1)106(82-39-15-2-16-40-82,83-41-17-3-18-42-83)93-65-61-79(62-66-93)103(80-63-67-94(68-64-80)107(84-43-19-4-20-44-84,85-45-21-5-22-46-85)86-47-23-6-24-48-86)104-110-99-77-102-100(78-101(99)113-104)111-105(114-102)112(97-73-69-95(70-74-97)108(87-49-25-7-26-50-87,88-51-27-8-28-52-88)89-53-29-9-30-54-89)98-75-71-96(72-76-98)109(90-55-31-10-32-56-90,91-57-33-11-34-58-91)92-59-35-12-36-60-92/h1-78,103H. The van der Waals surface area contributed by atoms with Gasteiger partial charge in [-0.3, -0.25) is 4.90 Å². The van der Waals surface area contributed by atoms with Crippen molar-refractivity contribution in [3.8, 4) is 0 Å². The van der Waals surface area contributed by atoms with E-state index in [1.165, 1.54) is 77.9 Å². The smallest absolute Gasteiger partial charge is 0.195 e. The molecule has 0 N–H and O–H groups in total. The maximum Gasteiger partial charge on any atom is 0.195 e. The van der Waals surface area contributed by atoms with Crippen LogP contribution in [-0.2, 0) is 21.7 Å². The number of fused-ring (bicyclic) bond motifs is 2. The Morgan fingerprint density at radius 1 is 0.193 bits per heavy atom. The minimum absolute atomic E-state index is 0.249. The summed E-state index contributed by atoms with van der Waals surface area (Å²) in [6.45, 7) is 0. The number of hydrogen-bond donors (Lipinski definition) is 0. The van der Waals surface area contributed by atoms with Gasteiger partial charge in [-0.1, -0.05) is 448 Å². The van der Waals surface area contributed by atoms with Gasteiger partial charge in [0, 0.05) is 11.4 Å². The first-order valence-corrected chi connectivity index (χ1v) is 40.7. The predicted molar refractivity (Wildman–Crippen MR) is 475 cm³/mol. The lowest BCUT2D eigenvalue weighted by molar-refractivity contribution is 0.742. The average molecular weight is 1490 g/mol. The first kappa shape index (κ1) is 70.7. The number of rotatable bonds is 22. The van der Waals surface area contributed by atoms with Crippen molar-refractivity contribution in [2.24, 2.45) is 0 Å². The van der Waals surface area contributed by atoms with Crippen molar-refractivity contribution in [3.63, 3.8) is 0 Å². The third-order valence-corrected chi connectivity index (χ3v) is 25.4. The van der Waals surface area contributed by atoms with Crippen LogP contribution in [0.25, 0.3) is 20.4 Å². The summed E-state index contributed by atoms with van der Waals surface area (Å²) in [5, 5.41) is 1.85. The zero-order valence-electron chi connectivity index (χ0n) is 62.8. The first-order chi connectivity index (χ1) is 56.5. The highest BCUT2D eigenvalue weighted by Gasteiger charge is 2.43. The number of aromatic nitrogens is 2. The largest absolute Gasteiger partial charge is 0.286 e. The molecule has 0 fully saturated rings. The number of hydrogen-bond acceptors (Lipinski definition) is 5. The number of benzene rings is 17. The summed E-state index contributed by atoms with van der Waals surface area (Å²) in [7, 11) is 0. The quantitative estimate of drug-likeness (QED) is 0.0633. The van der Waals surface area contributed by atoms with Crippen molar-refractivity contribution in [2.75, 3.05) is 4.90 Å². The molecule has 0 spiro atoms. The van der Waals surface area contributed by atoms with Crippen LogP contribution in [0.5, 0.6) is 0 Å². The van der Waals surface area contributed by atoms with E-state index in [-0.39, 0.29) is 5.92 Å². The molecule has 0 unspecified atom stereocenters. The molecule has 0 aliphatic heterocycles. The Hall–Kier alpha value is -13.7. The molecule has 0 saturated carbocycles. The molecule has 17 aromatic carbocycles. The predicted octanol–water partition coefficient (Wildman–Crippen LogP) is 27.1. The van der Waals surface area contributed by atoms with Crippen LogP contribution in [0.3, 0.4) is 0 Å². The van der Waals surface area contributed by atoms with Gasteiger partial charge in [0.05, 0.1) is 48.0 Å². The number of thiazole rings is 2. The molecule has 2 heterocycles. The van der Waals surface area contributed by atoms with Crippen LogP contribution in [0, 0.1) is 0 Å². The van der Waals surface area contributed by atoms with Crippen molar-refractivity contribution < 1.29 is 0 Å². The molecule has 0 radical (unpaired) electrons. The third kappa shape index (κ3) is 12.4. The Morgan fingerprint density at radius 2 is 0.377 bits per heavy atom. The topological polar surface area (TPSA) is 29.0 Å². The molecule has 542 valence electrons. The van der Waals surface area contributed by atoms with Gasteiger partial charge in [0.1, 0.15) is 5.01 Å². The monoisotopic (exact) mass is 1490 g/mol. The van der Waals surface area contributed by atoms with Gasteiger partial charge in [0.25, 0.3) is 0 Å². The first-order valence-electron chi connectivity index (χ1n) is 39.1. The molecule has 0 amide bonds. The Morgan fingerprint density at radius 3 is 0.596 bits per heavy atom. The van der Waals surface area contributed by atoms with Crippen molar-refractivity contribution in [2.45, 2.75) is 27.6 Å². The molecule has 0 aliphatic carbocycles. The van der Waals surface area contributed by atoms with E-state index in [0.29, 0.717) is 0 Å². The van der Waals surface area contributed by atoms with E-state index in [2.05, 4.69) is 478 Å². The van der Waals surface area contributed by atoms with E-state index < -0.39 is 21.7 Å². The van der Waals surface area contributed by atoms with Gasteiger partial charge in [0.2, 0.25) is 0 Å². The van der Waals surface area contributed by atoms with E-state index in [1.54, 1.807) is 22.7 Å². The fraction of sp³-hybridized carbons (Fsp3) is 0.0459. The van der Waals surface area contributed by atoms with Gasteiger partial charge in [0.15, 0.2) is 5.13 Å². The van der Waals surface area contributed by atoms with E-state index in [1.807, 2.05) is 0 Å². The third-order valence-electron chi connectivity index (χ3n) is 23.3. The van der Waals surface area contributed by atoms with Crippen LogP contribution < -0.4 is 4.90 Å². The Kier molecular flexibility index (Phi) is 19.1. The Bertz CT molecular complexity index is 5210. The zero-order valence-corrected chi connectivity index (χ0v) is 64.4. The summed E-state index contributed by atoms with van der Waals surface area (Å²) in [6, 6.07) is 174. The Labute approximate surface area is 675 Å². The van der Waals surface area contributed by atoms with Gasteiger partial charge < -0.3 is 0 Å². The average Bonchev–Trinajstić information content (AvgIpc) is 0.977. The number of nitrogens with zero attached hydrogens (tertiary/aromatic N) is 3. The lowest BCUT2D eigenvalue weighted by Gasteiger charge is -2.37. The zero-order chi connectivity index (χ0) is 76.1. The molecule has 19 aromatic rings. The molecule has 0 saturated heterocycles. The van der Waals surface area contributed by atoms with E-state index in [4.69, 9.17) is 9.97 Å². The van der Waals surface area contributed by atoms with Gasteiger partial charge in [-0.05, 0) is 137 Å². The van der Waals surface area contributed by atoms with Crippen LogP contribution in [0.15, 0.2) is 473 Å². The van der Waals surface area contributed by atoms with E-state index in [0.717, 1.165) is 64.2 Å². The molecule has 0 atom stereocenters. The van der Waals surface area contributed by atoms with Gasteiger partial charge in [-0.15, -0.1) is 11.3 Å². The maximum atomic E-state index is 5.81. The molecular formula is C109H79N3S2. The fourth-order valence-corrected chi connectivity index (χ4v) is 20.4. The van der Waals surface area contributed by atoms with Gasteiger partial charge >= 0.3 is 0 Å². The van der Waals surface area contributed by atoms with Crippen LogP contribution in [0.4, 0.5) is 16.5 Å². The summed E-state index contributed by atoms with van der Waals surface area (Å²) >= 11 is 3.45. The molecular weight excluding hydrogens is 1420 g/mol. The molecule has 0 bridgehead atoms. The van der Waals surface area contributed by atoms with Gasteiger partial charge in [-0.25, -0.2) is 9.97 Å². The lowest BCUT2D eigenvalue weighted by atomic mass is 9.64. The second kappa shape index (κ2) is 30.9. The summed E-state index contributed by atoms with van der Waals surface area (Å²) in [4.78, 5) is 13.9. The summed E-state index contributed by atoms with van der Waals surface area (Å²) in [6.07, 6.45) is 0. The van der Waals surface area contributed by atoms with E-state index >= 15 is 0 Å². The lowest BCUT2D eigenvalue weighted by Crippen LogP contribution is -2.31. The molecule has 3 nitrogen and oxygen atoms in total. The fourth-order valence-electron chi connectivity index (χ4n) is 18.3. The van der Waals surface area contributed by atoms with Crippen LogP contribution >= 0.6 is 22.7 Å². The normalized spacial score (nSPS) is 11.9. The van der Waals surface area contributed by atoms with Crippen LogP contribution in [0.2, 0.25) is 0 Å². The highest BCUT2D eigenvalue weighted by molar-refractivity contribution is 7.23. The minimum atomic E-state index is -0.637. The second-order valence-corrected chi connectivity index (χ2v) is 31.4. The van der Waals surface area contributed by atoms with Crippen molar-refractivity contribution in [1.29, 1.82) is 0 Å². The van der Waals surface area contributed by atoms with Crippen LogP contribution in [-0.4, -0.2) is 9.97 Å². The minimum Gasteiger partial charge on any atom is -0.286 e. The molecule has 114 heavy (non-hydrogen) atoms. The summed E-state index contributed by atoms with van der Waals surface area (Å²) in [5.74, 6) is -0.249. The summed E-state index contributed by atoms with van der Waals surface area (Å²) < 4.78 is 2.11. The SMILES string of the molecule is c1ccc(C(c2ccccc2)(c2ccccc2)c2ccc(C(c3ccc(C(c4ccccc4)(c4ccccc4)c4ccccc4)cc3)c3nc4cc5sc(N(c6ccc(C(c7ccccc7)(c7ccccc7)c7ccccc7)cc6)c6ccc(C(c7ccccc7)(c7ccccc7)c7ccccc7)cc6)nc5cc4s3)cc2)cc1. The molecule has 0 aliphatic rings. The molecule has 5 heteroatoms. The van der Waals surface area contributed by atoms with Crippen molar-refractivity contribution in [3.05, 3.63) is 578 Å². The van der Waals surface area contributed by atoms with Crippen molar-refractivity contribution >= 4 is 59.6 Å². The van der Waals surface area contributed by atoms with Gasteiger partial charge in [-0.2, -0.15) is 0 Å². The van der Waals surface area contributed by atoms with E-state index in [9.17, 15) is 0 Å². The van der Waals surface area contributed by atoms with Crippen LogP contribution in [0.1, 0.15) is 111 Å². The highest BCUT2D eigenvalue weighted by atomic mass is 32.1. The number of anilines is 3. The second-order valence-electron chi connectivity index (χ2n) is 29.3. The molecule has 2 aromatic heterocycles. The Balaban J connectivity index is 0.773. The van der Waals surface area contributed by atoms with Crippen molar-refractivity contribution in [1.82, 2.24) is 9.97 Å². The highest BCUT2D eigenvalue weighted by Crippen LogP contribution is 2.53.